The van der Waals surface area contributed by atoms with Crippen LogP contribution in [0.5, 0.6) is 0 Å². The third-order valence-electron chi connectivity index (χ3n) is 3.65. The molecule has 2 bridgehead atoms. The summed E-state index contributed by atoms with van der Waals surface area (Å²) in [6, 6.07) is 0.235. The van der Waals surface area contributed by atoms with Crippen LogP contribution < -0.4 is 5.32 Å². The van der Waals surface area contributed by atoms with Crippen LogP contribution in [0.1, 0.15) is 25.7 Å². The molecule has 2 fully saturated rings. The summed E-state index contributed by atoms with van der Waals surface area (Å²) >= 11 is 0. The van der Waals surface area contributed by atoms with Gasteiger partial charge in [-0.05, 0) is 25.2 Å². The van der Waals surface area contributed by atoms with Gasteiger partial charge in [-0.15, -0.1) is 0 Å². The molecule has 2 amide bonds. The van der Waals surface area contributed by atoms with Gasteiger partial charge in [0.25, 0.3) is 0 Å². The van der Waals surface area contributed by atoms with E-state index >= 15 is 0 Å². The van der Waals surface area contributed by atoms with Gasteiger partial charge in [0.1, 0.15) is 0 Å². The number of piperidine rings is 1. The summed E-state index contributed by atoms with van der Waals surface area (Å²) in [5.74, 6) is -0.602. The van der Waals surface area contributed by atoms with Gasteiger partial charge in [0.2, 0.25) is 0 Å². The molecule has 1 saturated carbocycles. The lowest BCUT2D eigenvalue weighted by atomic mass is 10.1. The molecule has 1 aliphatic heterocycles. The van der Waals surface area contributed by atoms with Gasteiger partial charge in [0.05, 0.1) is 0 Å². The molecule has 0 radical (unpaired) electrons. The Balaban J connectivity index is 1.69. The monoisotopic (exact) mass is 242 g/mol. The highest BCUT2D eigenvalue weighted by Gasteiger charge is 2.40. The lowest BCUT2D eigenvalue weighted by Gasteiger charge is -2.27. The van der Waals surface area contributed by atoms with Crippen molar-refractivity contribution < 1.29 is 19.8 Å². The van der Waals surface area contributed by atoms with Gasteiger partial charge in [-0.2, -0.15) is 0 Å². The van der Waals surface area contributed by atoms with E-state index in [1.807, 2.05) is 4.90 Å². The fourth-order valence-corrected chi connectivity index (χ4v) is 2.71. The number of fused-ring (bicyclic) bond motifs is 2. The fraction of sp³-hybridized carbons (Fsp3) is 0.818. The predicted octanol–water partition coefficient (Wildman–Crippen LogP) is 0.0159. The first-order valence-corrected chi connectivity index (χ1v) is 6.03. The number of amides is 2. The molecule has 3 unspecified atom stereocenters. The standard InChI is InChI=1S/C11H18N2O4/c14-9(10(15)16)3-4-12-11(17)13-6-7-1-2-8(13)5-7/h7-9,14H,1-6H2,(H,12,17)(H,15,16). The Bertz CT molecular complexity index is 321. The van der Waals surface area contributed by atoms with Gasteiger partial charge in [-0.3, -0.25) is 0 Å². The Kier molecular flexibility index (Phi) is 3.51. The number of urea groups is 1. The van der Waals surface area contributed by atoms with E-state index in [0.29, 0.717) is 12.0 Å². The molecule has 0 aromatic heterocycles. The van der Waals surface area contributed by atoms with Crippen LogP contribution in [-0.4, -0.2) is 52.3 Å². The number of hydrogen-bond acceptors (Lipinski definition) is 3. The zero-order valence-electron chi connectivity index (χ0n) is 9.63. The predicted molar refractivity (Wildman–Crippen MR) is 59.5 cm³/mol. The number of aliphatic hydroxyl groups excluding tert-OH is 1. The van der Waals surface area contributed by atoms with Crippen molar-refractivity contribution >= 4 is 12.0 Å². The van der Waals surface area contributed by atoms with Gasteiger partial charge in [-0.1, -0.05) is 0 Å². The summed E-state index contributed by atoms with van der Waals surface area (Å²) in [4.78, 5) is 24.0. The number of carboxylic acids is 1. The van der Waals surface area contributed by atoms with Crippen molar-refractivity contribution in [3.05, 3.63) is 0 Å². The Labute approximate surface area is 99.6 Å². The molecule has 2 aliphatic rings. The van der Waals surface area contributed by atoms with E-state index in [4.69, 9.17) is 10.2 Å². The summed E-state index contributed by atoms with van der Waals surface area (Å²) < 4.78 is 0. The highest BCUT2D eigenvalue weighted by Crippen LogP contribution is 2.37. The normalized spacial score (nSPS) is 28.2. The van der Waals surface area contributed by atoms with Gasteiger partial charge < -0.3 is 20.4 Å². The number of aliphatic hydroxyl groups is 1. The van der Waals surface area contributed by atoms with E-state index in [-0.39, 0.29) is 19.0 Å². The lowest BCUT2D eigenvalue weighted by Crippen LogP contribution is -2.45. The molecular weight excluding hydrogens is 224 g/mol. The molecule has 2 rings (SSSR count). The van der Waals surface area contributed by atoms with Crippen molar-refractivity contribution in [2.24, 2.45) is 5.92 Å². The molecule has 3 atom stereocenters. The van der Waals surface area contributed by atoms with Crippen LogP contribution in [-0.2, 0) is 4.79 Å². The second-order valence-corrected chi connectivity index (χ2v) is 4.86. The largest absolute Gasteiger partial charge is 0.479 e. The number of nitrogens with one attached hydrogen (secondary N) is 1. The molecule has 6 nitrogen and oxygen atoms in total. The lowest BCUT2D eigenvalue weighted by molar-refractivity contribution is -0.146. The van der Waals surface area contributed by atoms with Gasteiger partial charge in [0.15, 0.2) is 6.10 Å². The number of carbonyl (C=O) groups is 2. The second kappa shape index (κ2) is 4.91. The third kappa shape index (κ3) is 2.69. The van der Waals surface area contributed by atoms with Crippen LogP contribution in [0.25, 0.3) is 0 Å². The maximum atomic E-state index is 11.8. The van der Waals surface area contributed by atoms with Crippen LogP contribution in [0.3, 0.4) is 0 Å². The molecule has 1 heterocycles. The summed E-state index contributed by atoms with van der Waals surface area (Å²) in [5.41, 5.74) is 0. The Morgan fingerprint density at radius 1 is 1.41 bits per heavy atom. The third-order valence-corrected chi connectivity index (χ3v) is 3.65. The molecule has 1 saturated heterocycles. The zero-order valence-corrected chi connectivity index (χ0v) is 9.63. The van der Waals surface area contributed by atoms with E-state index in [0.717, 1.165) is 19.4 Å². The smallest absolute Gasteiger partial charge is 0.332 e. The number of aliphatic carboxylic acids is 1. The second-order valence-electron chi connectivity index (χ2n) is 4.86. The molecule has 0 spiro atoms. The fourth-order valence-electron chi connectivity index (χ4n) is 2.71. The highest BCUT2D eigenvalue weighted by molar-refractivity contribution is 5.75. The SMILES string of the molecule is O=C(O)C(O)CCNC(=O)N1CC2CCC1C2. The maximum Gasteiger partial charge on any atom is 0.332 e. The molecule has 0 aromatic rings. The first kappa shape index (κ1) is 12.2. The average molecular weight is 242 g/mol. The van der Waals surface area contributed by atoms with Crippen LogP contribution in [0, 0.1) is 5.92 Å². The number of carboxylic acid groups (broad SMARTS) is 1. The minimum Gasteiger partial charge on any atom is -0.479 e. The zero-order chi connectivity index (χ0) is 12.4. The highest BCUT2D eigenvalue weighted by atomic mass is 16.4. The minimum absolute atomic E-state index is 0.0447. The van der Waals surface area contributed by atoms with E-state index in [1.165, 1.54) is 6.42 Å². The van der Waals surface area contributed by atoms with Crippen molar-refractivity contribution in [3.8, 4) is 0 Å². The van der Waals surface area contributed by atoms with E-state index in [2.05, 4.69) is 5.32 Å². The molecule has 1 aliphatic carbocycles. The number of hydrogen-bond donors (Lipinski definition) is 3. The average Bonchev–Trinajstić information content (AvgIpc) is 2.90. The van der Waals surface area contributed by atoms with Crippen LogP contribution >= 0.6 is 0 Å². The molecular formula is C11H18N2O4. The summed E-state index contributed by atoms with van der Waals surface area (Å²) in [5, 5.41) is 20.2. The van der Waals surface area contributed by atoms with Crippen LogP contribution in [0.2, 0.25) is 0 Å². The first-order valence-electron chi connectivity index (χ1n) is 6.03. The van der Waals surface area contributed by atoms with Gasteiger partial charge >= 0.3 is 12.0 Å². The molecule has 6 heteroatoms. The van der Waals surface area contributed by atoms with Crippen LogP contribution in [0.15, 0.2) is 0 Å². The molecule has 0 aromatic carbocycles. The Morgan fingerprint density at radius 3 is 2.71 bits per heavy atom. The first-order chi connectivity index (χ1) is 8.08. The van der Waals surface area contributed by atoms with Crippen LogP contribution in [0.4, 0.5) is 4.79 Å². The van der Waals surface area contributed by atoms with Crippen molar-refractivity contribution in [1.82, 2.24) is 10.2 Å². The number of rotatable bonds is 4. The molecule has 96 valence electrons. The van der Waals surface area contributed by atoms with Crippen molar-refractivity contribution in [1.29, 1.82) is 0 Å². The Morgan fingerprint density at radius 2 is 2.18 bits per heavy atom. The van der Waals surface area contributed by atoms with Crippen molar-refractivity contribution in [3.63, 3.8) is 0 Å². The number of likely N-dealkylation sites (tertiary alicyclic amines) is 1. The number of nitrogens with zero attached hydrogens (tertiary/aromatic N) is 1. The van der Waals surface area contributed by atoms with E-state index < -0.39 is 12.1 Å². The quantitative estimate of drug-likeness (QED) is 0.648. The topological polar surface area (TPSA) is 89.9 Å². The summed E-state index contributed by atoms with van der Waals surface area (Å²) in [6.45, 7) is 1.01. The Hall–Kier alpha value is -1.30. The maximum absolute atomic E-state index is 11.8. The van der Waals surface area contributed by atoms with Crippen molar-refractivity contribution in [2.45, 2.75) is 37.8 Å². The molecule has 3 N–H and O–H groups in total. The van der Waals surface area contributed by atoms with Gasteiger partial charge in [0, 0.05) is 25.6 Å². The van der Waals surface area contributed by atoms with Gasteiger partial charge in [-0.25, -0.2) is 9.59 Å². The summed E-state index contributed by atoms with van der Waals surface area (Å²) in [7, 11) is 0. The minimum atomic E-state index is -1.40. The summed E-state index contributed by atoms with van der Waals surface area (Å²) in [6.07, 6.45) is 2.04. The number of carbonyl (C=O) groups excluding carboxylic acids is 1. The van der Waals surface area contributed by atoms with E-state index in [1.54, 1.807) is 0 Å². The van der Waals surface area contributed by atoms with E-state index in [9.17, 15) is 9.59 Å². The van der Waals surface area contributed by atoms with Crippen molar-refractivity contribution in [2.75, 3.05) is 13.1 Å². The molecule has 17 heavy (non-hydrogen) atoms.